The molecule has 1 saturated heterocycles. The Balaban J connectivity index is 1.86. The monoisotopic (exact) mass is 452 g/mol. The predicted octanol–water partition coefficient (Wildman–Crippen LogP) is 2.37. The number of carbonyl (C=O) groups excluding carboxylic acids is 2. The smallest absolute Gasteiger partial charge is 0.447 e. The average molecular weight is 452 g/mol. The van der Waals surface area contributed by atoms with Crippen LogP contribution in [0.1, 0.15) is 26.4 Å². The molecular weight excluding hydrogens is 428 g/mol. The molecule has 0 saturated carbocycles. The van der Waals surface area contributed by atoms with Crippen LogP contribution in [0.2, 0.25) is 0 Å². The zero-order chi connectivity index (χ0) is 23.8. The minimum Gasteiger partial charge on any atom is -0.469 e. The second kappa shape index (κ2) is 8.45. The SMILES string of the molecule is COC(=O)CCN1C(=O)N(c2ccccc2)[C@@H](n2oc(=O)n(-c3ccccc3)c2=O)C1(C)C. The van der Waals surface area contributed by atoms with Crippen LogP contribution in [0, 0.1) is 0 Å². The van der Waals surface area contributed by atoms with E-state index >= 15 is 0 Å². The van der Waals surface area contributed by atoms with Crippen molar-refractivity contribution in [2.75, 3.05) is 18.6 Å². The summed E-state index contributed by atoms with van der Waals surface area (Å²) in [5.74, 6) is -1.33. The quantitative estimate of drug-likeness (QED) is 0.532. The Morgan fingerprint density at radius 1 is 0.970 bits per heavy atom. The summed E-state index contributed by atoms with van der Waals surface area (Å²) >= 11 is 0. The van der Waals surface area contributed by atoms with Crippen LogP contribution in [0.15, 0.2) is 74.8 Å². The first-order chi connectivity index (χ1) is 15.8. The summed E-state index contributed by atoms with van der Waals surface area (Å²) in [6.07, 6.45) is -1.01. The molecule has 10 heteroatoms. The third kappa shape index (κ3) is 3.73. The Morgan fingerprint density at radius 3 is 2.12 bits per heavy atom. The zero-order valence-electron chi connectivity index (χ0n) is 18.5. The molecule has 0 aliphatic carbocycles. The molecule has 2 heterocycles. The van der Waals surface area contributed by atoms with Crippen molar-refractivity contribution in [2.24, 2.45) is 0 Å². The van der Waals surface area contributed by atoms with E-state index in [1.807, 2.05) is 0 Å². The number of para-hydroxylation sites is 2. The van der Waals surface area contributed by atoms with E-state index in [0.717, 1.165) is 9.31 Å². The molecular formula is C23H24N4O6. The van der Waals surface area contributed by atoms with E-state index < -0.39 is 35.2 Å². The molecule has 1 aliphatic heterocycles. The summed E-state index contributed by atoms with van der Waals surface area (Å²) in [5, 5.41) is 0. The molecule has 0 N–H and O–H groups in total. The van der Waals surface area contributed by atoms with Crippen molar-refractivity contribution in [3.05, 3.63) is 81.7 Å². The first-order valence-corrected chi connectivity index (χ1v) is 10.4. The highest BCUT2D eigenvalue weighted by molar-refractivity contribution is 5.95. The van der Waals surface area contributed by atoms with Crippen molar-refractivity contribution < 1.29 is 18.8 Å². The van der Waals surface area contributed by atoms with Crippen LogP contribution >= 0.6 is 0 Å². The minimum atomic E-state index is -1.02. The number of methoxy groups -OCH3 is 1. The standard InChI is InChI=1S/C23H24N4O6/c1-23(2)19(27-21(30)26(22(31)33-27)17-12-8-5-9-13-17)25(16-10-6-4-7-11-16)20(29)24(23)15-14-18(28)32-3/h4-13,19H,14-15H2,1-3H3/t19-/m0/s1. The van der Waals surface area contributed by atoms with Crippen molar-refractivity contribution in [2.45, 2.75) is 32.0 Å². The fourth-order valence-electron chi connectivity index (χ4n) is 4.15. The van der Waals surface area contributed by atoms with Gasteiger partial charge in [-0.2, -0.15) is 4.57 Å². The van der Waals surface area contributed by atoms with Gasteiger partial charge in [-0.1, -0.05) is 36.4 Å². The molecule has 0 unspecified atom stereocenters. The molecule has 33 heavy (non-hydrogen) atoms. The zero-order valence-corrected chi connectivity index (χ0v) is 18.5. The van der Waals surface area contributed by atoms with Crippen LogP contribution in [0.25, 0.3) is 5.69 Å². The number of carbonyl (C=O) groups is 2. The van der Waals surface area contributed by atoms with Crippen molar-refractivity contribution in [1.82, 2.24) is 14.2 Å². The van der Waals surface area contributed by atoms with Gasteiger partial charge in [-0.15, -0.1) is 4.74 Å². The van der Waals surface area contributed by atoms with E-state index in [0.29, 0.717) is 11.4 Å². The minimum absolute atomic E-state index is 0.0229. The molecule has 1 fully saturated rings. The van der Waals surface area contributed by atoms with Crippen LogP contribution in [-0.4, -0.2) is 45.4 Å². The van der Waals surface area contributed by atoms with Gasteiger partial charge in [-0.05, 0) is 38.1 Å². The van der Waals surface area contributed by atoms with Crippen LogP contribution in [0.3, 0.4) is 0 Å². The lowest BCUT2D eigenvalue weighted by Crippen LogP contribution is -2.47. The lowest BCUT2D eigenvalue weighted by molar-refractivity contribution is -0.141. The van der Waals surface area contributed by atoms with E-state index in [1.165, 1.54) is 16.9 Å². The molecule has 1 aromatic heterocycles. The van der Waals surface area contributed by atoms with Gasteiger partial charge in [-0.3, -0.25) is 9.69 Å². The number of amides is 2. The van der Waals surface area contributed by atoms with E-state index in [-0.39, 0.29) is 13.0 Å². The number of benzene rings is 2. The normalized spacial score (nSPS) is 17.4. The van der Waals surface area contributed by atoms with Gasteiger partial charge in [0.1, 0.15) is 0 Å². The number of aromatic nitrogens is 2. The summed E-state index contributed by atoms with van der Waals surface area (Å²) in [6, 6.07) is 16.7. The lowest BCUT2D eigenvalue weighted by atomic mass is 10.00. The maximum absolute atomic E-state index is 13.5. The average Bonchev–Trinajstić information content (AvgIpc) is 3.21. The number of anilines is 1. The molecule has 3 aromatic rings. The molecule has 1 aliphatic rings. The third-order valence-corrected chi connectivity index (χ3v) is 5.79. The Morgan fingerprint density at radius 2 is 1.55 bits per heavy atom. The molecule has 1 atom stereocenters. The number of hydrogen-bond acceptors (Lipinski definition) is 6. The molecule has 2 amide bonds. The van der Waals surface area contributed by atoms with Crippen molar-refractivity contribution >= 4 is 17.7 Å². The second-order valence-electron chi connectivity index (χ2n) is 8.13. The summed E-state index contributed by atoms with van der Waals surface area (Å²) < 4.78 is 12.0. The fourth-order valence-corrected chi connectivity index (χ4v) is 4.15. The van der Waals surface area contributed by atoms with Crippen molar-refractivity contribution in [3.8, 4) is 5.69 Å². The summed E-state index contributed by atoms with van der Waals surface area (Å²) in [7, 11) is 1.28. The van der Waals surface area contributed by atoms with Crippen molar-refractivity contribution in [1.29, 1.82) is 0 Å². The maximum atomic E-state index is 13.5. The highest BCUT2D eigenvalue weighted by atomic mass is 16.5. The largest absolute Gasteiger partial charge is 0.469 e. The number of ether oxygens (including phenoxy) is 1. The van der Waals surface area contributed by atoms with Gasteiger partial charge in [-0.25, -0.2) is 14.4 Å². The number of esters is 1. The van der Waals surface area contributed by atoms with Gasteiger partial charge < -0.3 is 14.2 Å². The van der Waals surface area contributed by atoms with E-state index in [9.17, 15) is 19.2 Å². The molecule has 0 spiro atoms. The Hall–Kier alpha value is -4.08. The van der Waals surface area contributed by atoms with Crippen LogP contribution in [0.5, 0.6) is 0 Å². The summed E-state index contributed by atoms with van der Waals surface area (Å²) in [5.41, 5.74) is -0.870. The second-order valence-corrected chi connectivity index (χ2v) is 8.13. The summed E-state index contributed by atoms with van der Waals surface area (Å²) in [6.45, 7) is 3.57. The van der Waals surface area contributed by atoms with Gasteiger partial charge in [0.05, 0.1) is 24.8 Å². The molecule has 4 rings (SSSR count). The van der Waals surface area contributed by atoms with Gasteiger partial charge in [0.2, 0.25) is 0 Å². The Bertz CT molecular complexity index is 1280. The first kappa shape index (κ1) is 22.1. The van der Waals surface area contributed by atoms with Crippen LogP contribution in [0.4, 0.5) is 10.5 Å². The molecule has 10 nitrogen and oxygen atoms in total. The number of urea groups is 1. The van der Waals surface area contributed by atoms with Gasteiger partial charge in [0.25, 0.3) is 0 Å². The van der Waals surface area contributed by atoms with Crippen LogP contribution < -0.4 is 16.3 Å². The Kier molecular flexibility index (Phi) is 5.67. The van der Waals surface area contributed by atoms with E-state index in [1.54, 1.807) is 74.5 Å². The number of nitrogens with zero attached hydrogens (tertiary/aromatic N) is 4. The highest BCUT2D eigenvalue weighted by Gasteiger charge is 2.55. The van der Waals surface area contributed by atoms with Gasteiger partial charge in [0.15, 0.2) is 6.17 Å². The lowest BCUT2D eigenvalue weighted by Gasteiger charge is -2.33. The molecule has 0 radical (unpaired) electrons. The summed E-state index contributed by atoms with van der Waals surface area (Å²) in [4.78, 5) is 54.2. The fraction of sp³-hybridized carbons (Fsp3) is 0.304. The maximum Gasteiger partial charge on any atom is 0.447 e. The third-order valence-electron chi connectivity index (χ3n) is 5.79. The first-order valence-electron chi connectivity index (χ1n) is 10.4. The topological polar surface area (TPSA) is 107 Å². The number of hydrogen-bond donors (Lipinski definition) is 0. The van der Waals surface area contributed by atoms with Gasteiger partial charge in [0, 0.05) is 12.2 Å². The van der Waals surface area contributed by atoms with E-state index in [2.05, 4.69) is 0 Å². The predicted molar refractivity (Wildman–Crippen MR) is 119 cm³/mol. The molecule has 0 bridgehead atoms. The van der Waals surface area contributed by atoms with Crippen molar-refractivity contribution in [3.63, 3.8) is 0 Å². The highest BCUT2D eigenvalue weighted by Crippen LogP contribution is 2.42. The number of rotatable bonds is 6. The Labute approximate surface area is 189 Å². The molecule has 172 valence electrons. The molecule has 2 aromatic carbocycles. The van der Waals surface area contributed by atoms with Gasteiger partial charge >= 0.3 is 23.4 Å². The van der Waals surface area contributed by atoms with Crippen LogP contribution in [-0.2, 0) is 9.53 Å². The van der Waals surface area contributed by atoms with E-state index in [4.69, 9.17) is 9.26 Å².